The van der Waals surface area contributed by atoms with E-state index in [9.17, 15) is 14.7 Å². The second-order valence-electron chi connectivity index (χ2n) is 12.9. The van der Waals surface area contributed by atoms with Crippen molar-refractivity contribution in [3.63, 3.8) is 0 Å². The topological polar surface area (TPSA) is 97.1 Å². The smallest absolute Gasteiger partial charge is 0.410 e. The fraction of sp³-hybridized carbons (Fsp3) is 0.382. The number of hydrogen-bond acceptors (Lipinski definition) is 7. The number of carbonyl (C=O) groups excluding carboxylic acids is 1. The third-order valence-corrected chi connectivity index (χ3v) is 8.19. The zero-order valence-electron chi connectivity index (χ0n) is 25.8. The number of anilines is 1. The van der Waals surface area contributed by atoms with Crippen LogP contribution in [0.5, 0.6) is 11.5 Å². The molecular weight excluding hydrogens is 563 g/mol. The molecule has 2 aliphatic rings. The van der Waals surface area contributed by atoms with E-state index in [2.05, 4.69) is 18.8 Å². The molecule has 0 saturated carbocycles. The molecule has 0 spiro atoms. The summed E-state index contributed by atoms with van der Waals surface area (Å²) in [6, 6.07) is 14.6. The maximum Gasteiger partial charge on any atom is 0.410 e. The van der Waals surface area contributed by atoms with Crippen molar-refractivity contribution in [2.45, 2.75) is 65.1 Å². The van der Waals surface area contributed by atoms with Gasteiger partial charge in [0.25, 0.3) is 0 Å². The molecule has 9 nitrogen and oxygen atoms in total. The molecule has 2 atom stereocenters. The number of aromatic hydroxyl groups is 1. The summed E-state index contributed by atoms with van der Waals surface area (Å²) in [5.74, 6) is 0.125. The first-order valence-electron chi connectivity index (χ1n) is 14.9. The number of amides is 1. The van der Waals surface area contributed by atoms with E-state index in [0.717, 1.165) is 5.56 Å². The van der Waals surface area contributed by atoms with Crippen molar-refractivity contribution in [1.82, 2.24) is 14.5 Å². The molecule has 2 aliphatic heterocycles. The van der Waals surface area contributed by atoms with E-state index in [-0.39, 0.29) is 35.9 Å². The fourth-order valence-electron chi connectivity index (χ4n) is 6.18. The van der Waals surface area contributed by atoms with E-state index in [1.54, 1.807) is 21.6 Å². The minimum Gasteiger partial charge on any atom is -0.507 e. The number of phenols is 1. The van der Waals surface area contributed by atoms with E-state index >= 15 is 4.39 Å². The number of rotatable bonds is 3. The van der Waals surface area contributed by atoms with Gasteiger partial charge in [-0.1, -0.05) is 38.1 Å². The first kappa shape index (κ1) is 29.5. The lowest BCUT2D eigenvalue weighted by Gasteiger charge is -2.44. The number of ether oxygens (including phenoxy) is 2. The van der Waals surface area contributed by atoms with Crippen LogP contribution >= 0.6 is 0 Å². The van der Waals surface area contributed by atoms with Crippen LogP contribution in [-0.2, 0) is 4.74 Å². The van der Waals surface area contributed by atoms with Gasteiger partial charge in [-0.2, -0.15) is 4.98 Å². The fourth-order valence-corrected chi connectivity index (χ4v) is 6.18. The largest absolute Gasteiger partial charge is 0.507 e. The van der Waals surface area contributed by atoms with Crippen molar-refractivity contribution >= 4 is 22.8 Å². The Bertz CT molecular complexity index is 1810. The number of carbonyl (C=O) groups is 1. The maximum atomic E-state index is 15.2. The highest BCUT2D eigenvalue weighted by Crippen LogP contribution is 2.43. The number of piperazine rings is 1. The molecule has 0 radical (unpaired) electrons. The lowest BCUT2D eigenvalue weighted by atomic mass is 9.99. The Kier molecular flexibility index (Phi) is 7.26. The first-order chi connectivity index (χ1) is 20.8. The van der Waals surface area contributed by atoms with Crippen molar-refractivity contribution in [3.8, 4) is 28.3 Å². The Balaban J connectivity index is 1.58. The Hall–Kier alpha value is -4.60. The Morgan fingerprint density at radius 1 is 1.11 bits per heavy atom. The summed E-state index contributed by atoms with van der Waals surface area (Å²) in [6.45, 7) is 12.4. The molecule has 44 heavy (non-hydrogen) atoms. The minimum atomic E-state index is -0.649. The molecule has 3 heterocycles. The van der Waals surface area contributed by atoms with Gasteiger partial charge in [-0.05, 0) is 75.1 Å². The number of nitrogens with zero attached hydrogens (tertiary/aromatic N) is 4. The van der Waals surface area contributed by atoms with E-state index in [0.29, 0.717) is 46.8 Å². The zero-order chi connectivity index (χ0) is 31.5. The van der Waals surface area contributed by atoms with Crippen LogP contribution in [0, 0.1) is 5.82 Å². The summed E-state index contributed by atoms with van der Waals surface area (Å²) < 4.78 is 28.8. The molecule has 0 aliphatic carbocycles. The second-order valence-corrected chi connectivity index (χ2v) is 12.9. The first-order valence-corrected chi connectivity index (χ1v) is 14.9. The summed E-state index contributed by atoms with van der Waals surface area (Å²) in [5, 5.41) is 11.3. The normalized spacial score (nSPS) is 18.2. The van der Waals surface area contributed by atoms with E-state index < -0.39 is 23.2 Å². The third kappa shape index (κ3) is 5.12. The average Bonchev–Trinajstić information content (AvgIpc) is 3.08. The van der Waals surface area contributed by atoms with Crippen LogP contribution in [0.25, 0.3) is 27.7 Å². The lowest BCUT2D eigenvalue weighted by Crippen LogP contribution is -2.61. The molecule has 4 aromatic rings. The highest BCUT2D eigenvalue weighted by atomic mass is 19.1. The standard InChI is InChI=1S/C34H37FN4O5/c1-19(2)23-10-7-8-12-25(23)39-26-14-21(29-24(35)11-9-13-27(29)40)15-28-30(26)31(36-32(39)41)38-16-20(3)37(17-22(38)18-43-28)33(42)44-34(4,5)6/h7-15,19-20,22,40H,16-18H2,1-6H3/t20-,22+/m1/s1. The zero-order valence-corrected chi connectivity index (χ0v) is 25.8. The Morgan fingerprint density at radius 2 is 1.86 bits per heavy atom. The van der Waals surface area contributed by atoms with Gasteiger partial charge in [-0.15, -0.1) is 0 Å². The van der Waals surface area contributed by atoms with Crippen LogP contribution in [0.2, 0.25) is 0 Å². The summed E-state index contributed by atoms with van der Waals surface area (Å²) in [4.78, 5) is 35.6. The quantitative estimate of drug-likeness (QED) is 0.298. The molecule has 0 unspecified atom stereocenters. The summed E-state index contributed by atoms with van der Waals surface area (Å²) in [6.07, 6.45) is -0.414. The summed E-state index contributed by atoms with van der Waals surface area (Å²) >= 11 is 0. The van der Waals surface area contributed by atoms with Crippen LogP contribution in [0.15, 0.2) is 59.4 Å². The number of halogens is 1. The van der Waals surface area contributed by atoms with Gasteiger partial charge in [-0.25, -0.2) is 14.0 Å². The van der Waals surface area contributed by atoms with Gasteiger partial charge < -0.3 is 24.4 Å². The molecule has 3 aromatic carbocycles. The Labute approximate surface area is 255 Å². The van der Waals surface area contributed by atoms with Gasteiger partial charge in [-0.3, -0.25) is 4.57 Å². The van der Waals surface area contributed by atoms with E-state index in [1.165, 1.54) is 18.2 Å². The van der Waals surface area contributed by atoms with Gasteiger partial charge in [0.15, 0.2) is 0 Å². The van der Waals surface area contributed by atoms with Crippen LogP contribution in [0.3, 0.4) is 0 Å². The number of para-hydroxylation sites is 1. The predicted molar refractivity (Wildman–Crippen MR) is 168 cm³/mol. The summed E-state index contributed by atoms with van der Waals surface area (Å²) in [5.41, 5.74) is 1.31. The van der Waals surface area contributed by atoms with Gasteiger partial charge in [0.2, 0.25) is 0 Å². The third-order valence-electron chi connectivity index (χ3n) is 8.19. The molecule has 230 valence electrons. The number of benzene rings is 3. The predicted octanol–water partition coefficient (Wildman–Crippen LogP) is 6.23. The Morgan fingerprint density at radius 3 is 2.57 bits per heavy atom. The van der Waals surface area contributed by atoms with Crippen molar-refractivity contribution in [3.05, 3.63) is 76.5 Å². The van der Waals surface area contributed by atoms with Gasteiger partial charge in [0.1, 0.15) is 35.3 Å². The number of hydrogen-bond donors (Lipinski definition) is 1. The van der Waals surface area contributed by atoms with Crippen molar-refractivity contribution in [2.24, 2.45) is 0 Å². The summed E-state index contributed by atoms with van der Waals surface area (Å²) in [7, 11) is 0. The maximum absolute atomic E-state index is 15.2. The molecule has 1 fully saturated rings. The molecule has 1 N–H and O–H groups in total. The van der Waals surface area contributed by atoms with Crippen LogP contribution in [0.1, 0.15) is 53.0 Å². The van der Waals surface area contributed by atoms with Gasteiger partial charge >= 0.3 is 11.8 Å². The molecule has 10 heteroatoms. The van der Waals surface area contributed by atoms with E-state index in [4.69, 9.17) is 9.47 Å². The van der Waals surface area contributed by atoms with Crippen LogP contribution in [0.4, 0.5) is 15.0 Å². The van der Waals surface area contributed by atoms with Crippen LogP contribution in [-0.4, -0.2) is 63.0 Å². The molecule has 0 bridgehead atoms. The van der Waals surface area contributed by atoms with E-state index in [1.807, 2.05) is 56.9 Å². The molecule has 1 aromatic heterocycles. The molecule has 6 rings (SSSR count). The number of fused-ring (bicyclic) bond motifs is 2. The minimum absolute atomic E-state index is 0.00967. The highest BCUT2D eigenvalue weighted by molar-refractivity contribution is 6.00. The van der Waals surface area contributed by atoms with Gasteiger partial charge in [0.05, 0.1) is 28.2 Å². The monoisotopic (exact) mass is 600 g/mol. The average molecular weight is 601 g/mol. The lowest BCUT2D eigenvalue weighted by molar-refractivity contribution is 0.0109. The highest BCUT2D eigenvalue weighted by Gasteiger charge is 2.40. The van der Waals surface area contributed by atoms with Crippen molar-refractivity contribution < 1.29 is 23.8 Å². The molecule has 1 saturated heterocycles. The van der Waals surface area contributed by atoms with Crippen LogP contribution < -0.4 is 15.3 Å². The van der Waals surface area contributed by atoms with Crippen molar-refractivity contribution in [2.75, 3.05) is 24.6 Å². The van der Waals surface area contributed by atoms with Gasteiger partial charge in [0, 0.05) is 19.1 Å². The van der Waals surface area contributed by atoms with Crippen molar-refractivity contribution in [1.29, 1.82) is 0 Å². The number of aromatic nitrogens is 2. The molecule has 1 amide bonds. The second kappa shape index (κ2) is 10.8. The number of phenolic OH excluding ortho intramolecular Hbond substituents is 1. The SMILES string of the molecule is CC(C)c1ccccc1-n1c(=O)nc2c3c(cc(-c4c(O)cccc4F)cc31)OC[C@@H]1CN(C(=O)OC(C)(C)C)[C@H](C)CN21. The molecular formula is C34H37FN4O5.